The van der Waals surface area contributed by atoms with Crippen LogP contribution >= 0.6 is 0 Å². The summed E-state index contributed by atoms with van der Waals surface area (Å²) in [6.07, 6.45) is 4.84. The summed E-state index contributed by atoms with van der Waals surface area (Å²) in [5.74, 6) is -0.740. The van der Waals surface area contributed by atoms with Gasteiger partial charge >= 0.3 is 5.97 Å². The Labute approximate surface area is 149 Å². The van der Waals surface area contributed by atoms with Gasteiger partial charge in [-0.25, -0.2) is 0 Å². The zero-order valence-corrected chi connectivity index (χ0v) is 14.1. The Balaban J connectivity index is 1.33. The lowest BCUT2D eigenvalue weighted by Gasteiger charge is -2.19. The topological polar surface area (TPSA) is 103 Å². The summed E-state index contributed by atoms with van der Waals surface area (Å²) < 4.78 is 15.4. The number of imide groups is 1. The molecule has 2 amide bonds. The molecule has 2 fully saturated rings. The second kappa shape index (κ2) is 6.78. The Morgan fingerprint density at radius 2 is 1.92 bits per heavy atom. The van der Waals surface area contributed by atoms with E-state index in [0.717, 1.165) is 30.6 Å². The summed E-state index contributed by atoms with van der Waals surface area (Å²) in [5.41, 5.74) is 0.414. The third-order valence-electron chi connectivity index (χ3n) is 4.92. The van der Waals surface area contributed by atoms with Gasteiger partial charge < -0.3 is 13.7 Å². The minimum absolute atomic E-state index is 0.105. The van der Waals surface area contributed by atoms with Crippen LogP contribution in [0.25, 0.3) is 11.5 Å². The summed E-state index contributed by atoms with van der Waals surface area (Å²) >= 11 is 0. The van der Waals surface area contributed by atoms with Gasteiger partial charge in [0, 0.05) is 6.07 Å². The fourth-order valence-corrected chi connectivity index (χ4v) is 3.63. The van der Waals surface area contributed by atoms with E-state index in [4.69, 9.17) is 13.7 Å². The molecule has 0 unspecified atom stereocenters. The minimum atomic E-state index is -0.645. The molecule has 2 aromatic heterocycles. The van der Waals surface area contributed by atoms with Gasteiger partial charge in [0.2, 0.25) is 17.6 Å². The van der Waals surface area contributed by atoms with Gasteiger partial charge in [0.05, 0.1) is 18.1 Å². The number of esters is 1. The largest absolute Gasteiger partial charge is 0.461 e. The number of carbonyl (C=O) groups is 3. The molecule has 1 saturated carbocycles. The van der Waals surface area contributed by atoms with E-state index in [1.54, 1.807) is 18.2 Å². The number of carbonyl (C=O) groups excluding carboxylic acids is 3. The second-order valence-corrected chi connectivity index (χ2v) is 6.58. The molecule has 0 bridgehead atoms. The molecule has 26 heavy (non-hydrogen) atoms. The van der Waals surface area contributed by atoms with Crippen molar-refractivity contribution in [1.29, 1.82) is 0 Å². The molecule has 1 aliphatic heterocycles. The van der Waals surface area contributed by atoms with Crippen molar-refractivity contribution in [2.75, 3.05) is 6.54 Å². The van der Waals surface area contributed by atoms with E-state index in [0.29, 0.717) is 17.2 Å². The lowest BCUT2D eigenvalue weighted by atomic mass is 9.81. The van der Waals surface area contributed by atoms with Crippen LogP contribution in [0.4, 0.5) is 0 Å². The Morgan fingerprint density at radius 1 is 1.19 bits per heavy atom. The molecule has 0 N–H and O–H groups in total. The summed E-state index contributed by atoms with van der Waals surface area (Å²) in [6.45, 7) is -0.459. The number of hydrogen-bond donors (Lipinski definition) is 0. The first kappa shape index (κ1) is 16.6. The molecule has 2 atom stereocenters. The number of ether oxygens (including phenoxy) is 1. The monoisotopic (exact) mass is 358 g/mol. The highest BCUT2D eigenvalue weighted by molar-refractivity contribution is 6.07. The third kappa shape index (κ3) is 3.02. The van der Waals surface area contributed by atoms with Crippen molar-refractivity contribution in [1.82, 2.24) is 10.1 Å². The third-order valence-corrected chi connectivity index (χ3v) is 4.92. The molecule has 2 aliphatic rings. The van der Waals surface area contributed by atoms with E-state index in [9.17, 15) is 14.4 Å². The molecule has 136 valence electrons. The van der Waals surface area contributed by atoms with Crippen molar-refractivity contribution in [3.8, 4) is 11.5 Å². The van der Waals surface area contributed by atoms with Gasteiger partial charge in [0.1, 0.15) is 18.8 Å². The fraction of sp³-hybridized carbons (Fsp3) is 0.444. The predicted octanol–water partition coefficient (Wildman–Crippen LogP) is 2.15. The molecule has 0 spiro atoms. The molecule has 0 radical (unpaired) electrons. The number of rotatable bonds is 5. The van der Waals surface area contributed by atoms with Crippen LogP contribution in [0.1, 0.15) is 31.4 Å². The summed E-state index contributed by atoms with van der Waals surface area (Å²) in [5, 5.41) is 3.81. The maximum absolute atomic E-state index is 12.4. The van der Waals surface area contributed by atoms with Crippen molar-refractivity contribution in [3.63, 3.8) is 0 Å². The summed E-state index contributed by atoms with van der Waals surface area (Å²) in [6, 6.07) is 5.05. The number of nitrogens with zero attached hydrogens (tertiary/aromatic N) is 2. The van der Waals surface area contributed by atoms with Gasteiger partial charge in [-0.15, -0.1) is 0 Å². The highest BCUT2D eigenvalue weighted by Crippen LogP contribution is 2.37. The van der Waals surface area contributed by atoms with E-state index in [-0.39, 0.29) is 36.8 Å². The van der Waals surface area contributed by atoms with Crippen LogP contribution in [0.5, 0.6) is 0 Å². The standard InChI is InChI=1S/C18H18N2O6/c21-16(9-20-17(22)12-4-1-2-5-13(12)18(20)23)25-10-11-8-15(26-19-11)14-6-3-7-24-14/h3,6-8,12-13H,1-2,4-5,9-10H2/t12-,13-/m0/s1. The first-order chi connectivity index (χ1) is 12.6. The number of amides is 2. The molecule has 0 aromatic carbocycles. The molecule has 3 heterocycles. The van der Waals surface area contributed by atoms with Gasteiger partial charge in [0.25, 0.3) is 0 Å². The van der Waals surface area contributed by atoms with Gasteiger partial charge in [-0.2, -0.15) is 0 Å². The van der Waals surface area contributed by atoms with Gasteiger partial charge in [-0.05, 0) is 25.0 Å². The Kier molecular flexibility index (Phi) is 4.32. The van der Waals surface area contributed by atoms with E-state index in [1.807, 2.05) is 0 Å². The van der Waals surface area contributed by atoms with Crippen molar-refractivity contribution in [2.45, 2.75) is 32.3 Å². The van der Waals surface area contributed by atoms with E-state index in [1.165, 1.54) is 6.26 Å². The van der Waals surface area contributed by atoms with Crippen molar-refractivity contribution in [3.05, 3.63) is 30.2 Å². The summed E-state index contributed by atoms with van der Waals surface area (Å²) in [7, 11) is 0. The quantitative estimate of drug-likeness (QED) is 0.596. The molecular formula is C18H18N2O6. The predicted molar refractivity (Wildman–Crippen MR) is 86.2 cm³/mol. The van der Waals surface area contributed by atoms with E-state index in [2.05, 4.69) is 5.16 Å². The van der Waals surface area contributed by atoms with Crippen molar-refractivity contribution >= 4 is 17.8 Å². The average molecular weight is 358 g/mol. The Bertz CT molecular complexity index is 801. The number of hydrogen-bond acceptors (Lipinski definition) is 7. The Morgan fingerprint density at radius 3 is 2.58 bits per heavy atom. The van der Waals surface area contributed by atoms with Crippen LogP contribution in [-0.2, 0) is 25.7 Å². The fourth-order valence-electron chi connectivity index (χ4n) is 3.63. The molecule has 1 aliphatic carbocycles. The number of aromatic nitrogens is 1. The van der Waals surface area contributed by atoms with Crippen LogP contribution < -0.4 is 0 Å². The lowest BCUT2D eigenvalue weighted by Crippen LogP contribution is -2.36. The average Bonchev–Trinajstić information content (AvgIpc) is 3.38. The highest BCUT2D eigenvalue weighted by atomic mass is 16.5. The normalized spacial score (nSPS) is 22.5. The first-order valence-electron chi connectivity index (χ1n) is 8.64. The SMILES string of the molecule is O=C(CN1C(=O)[C@H]2CCCC[C@@H]2C1=O)OCc1cc(-c2ccco2)on1. The zero-order valence-electron chi connectivity index (χ0n) is 14.1. The molecular weight excluding hydrogens is 340 g/mol. The zero-order chi connectivity index (χ0) is 18.1. The number of furan rings is 1. The van der Waals surface area contributed by atoms with Crippen molar-refractivity contribution < 1.29 is 28.1 Å². The van der Waals surface area contributed by atoms with Gasteiger partial charge in [0.15, 0.2) is 5.76 Å². The smallest absolute Gasteiger partial charge is 0.326 e. The number of fused-ring (bicyclic) bond motifs is 1. The molecule has 2 aromatic rings. The van der Waals surface area contributed by atoms with Crippen LogP contribution in [0.3, 0.4) is 0 Å². The van der Waals surface area contributed by atoms with Gasteiger partial charge in [-0.1, -0.05) is 18.0 Å². The van der Waals surface area contributed by atoms with Crippen LogP contribution in [0, 0.1) is 11.8 Å². The van der Waals surface area contributed by atoms with Gasteiger partial charge in [-0.3, -0.25) is 19.3 Å². The van der Waals surface area contributed by atoms with Crippen LogP contribution in [0.2, 0.25) is 0 Å². The van der Waals surface area contributed by atoms with E-state index >= 15 is 0 Å². The maximum Gasteiger partial charge on any atom is 0.326 e. The molecule has 1 saturated heterocycles. The minimum Gasteiger partial charge on any atom is -0.461 e. The van der Waals surface area contributed by atoms with E-state index < -0.39 is 5.97 Å². The highest BCUT2D eigenvalue weighted by Gasteiger charge is 2.48. The molecule has 4 rings (SSSR count). The second-order valence-electron chi connectivity index (χ2n) is 6.58. The maximum atomic E-state index is 12.4. The first-order valence-corrected chi connectivity index (χ1v) is 8.64. The Hall–Kier alpha value is -2.90. The summed E-state index contributed by atoms with van der Waals surface area (Å²) in [4.78, 5) is 37.8. The van der Waals surface area contributed by atoms with Crippen molar-refractivity contribution in [2.24, 2.45) is 11.8 Å². The van der Waals surface area contributed by atoms with Crippen LogP contribution in [-0.4, -0.2) is 34.4 Å². The number of likely N-dealkylation sites (tertiary alicyclic amines) is 1. The molecule has 8 nitrogen and oxygen atoms in total. The van der Waals surface area contributed by atoms with Crippen LogP contribution in [0.15, 0.2) is 33.4 Å². The molecule has 8 heteroatoms. The lowest BCUT2D eigenvalue weighted by molar-refractivity contribution is -0.153.